The van der Waals surface area contributed by atoms with Crippen LogP contribution in [0.2, 0.25) is 0 Å². The number of pyridine rings is 1. The summed E-state index contributed by atoms with van der Waals surface area (Å²) >= 11 is 5.85. The van der Waals surface area contributed by atoms with Gasteiger partial charge in [-0.2, -0.15) is 0 Å². The van der Waals surface area contributed by atoms with Crippen LogP contribution in [0.25, 0.3) is 0 Å². The second kappa shape index (κ2) is 6.25. The van der Waals surface area contributed by atoms with Crippen LogP contribution in [0.1, 0.15) is 45.4 Å². The summed E-state index contributed by atoms with van der Waals surface area (Å²) in [6, 6.07) is 3.96. The lowest BCUT2D eigenvalue weighted by molar-refractivity contribution is 0.236. The third-order valence-corrected chi connectivity index (χ3v) is 2.84. The van der Waals surface area contributed by atoms with E-state index in [9.17, 15) is 0 Å². The molecule has 1 aromatic heterocycles. The van der Waals surface area contributed by atoms with E-state index in [1.807, 2.05) is 12.1 Å². The predicted octanol–water partition coefficient (Wildman–Crippen LogP) is 4.20. The number of aryl methyl sites for hydroxylation is 1. The van der Waals surface area contributed by atoms with Gasteiger partial charge in [0.05, 0.1) is 6.61 Å². The average molecular weight is 256 g/mol. The minimum absolute atomic E-state index is 0.289. The minimum Gasteiger partial charge on any atom is -0.478 e. The summed E-state index contributed by atoms with van der Waals surface area (Å²) in [6.07, 6.45) is 1.92. The second-order valence-corrected chi connectivity index (χ2v) is 5.72. The van der Waals surface area contributed by atoms with E-state index in [0.717, 1.165) is 24.1 Å². The fourth-order valence-corrected chi connectivity index (χ4v) is 1.57. The first kappa shape index (κ1) is 14.3. The molecule has 0 aliphatic carbocycles. The Morgan fingerprint density at radius 1 is 1.29 bits per heavy atom. The van der Waals surface area contributed by atoms with Crippen LogP contribution in [0.4, 0.5) is 0 Å². The molecule has 1 heterocycles. The van der Waals surface area contributed by atoms with Crippen molar-refractivity contribution in [2.75, 3.05) is 6.61 Å². The topological polar surface area (TPSA) is 22.1 Å². The molecule has 0 unspecified atom stereocenters. The summed E-state index contributed by atoms with van der Waals surface area (Å²) in [5.41, 5.74) is 2.40. The Kier molecular flexibility index (Phi) is 5.26. The highest BCUT2D eigenvalue weighted by molar-refractivity contribution is 6.17. The van der Waals surface area contributed by atoms with Crippen LogP contribution in [0.15, 0.2) is 12.1 Å². The molecule has 2 nitrogen and oxygen atoms in total. The molecule has 0 aliphatic rings. The Labute approximate surface area is 109 Å². The van der Waals surface area contributed by atoms with Crippen LogP contribution in [0.3, 0.4) is 0 Å². The van der Waals surface area contributed by atoms with Crippen molar-refractivity contribution in [2.24, 2.45) is 5.41 Å². The normalized spacial score (nSPS) is 11.6. The van der Waals surface area contributed by atoms with E-state index in [2.05, 4.69) is 32.7 Å². The quantitative estimate of drug-likeness (QED) is 0.736. The first-order chi connectivity index (χ1) is 7.94. The molecule has 1 rings (SSSR count). The Morgan fingerprint density at radius 3 is 2.53 bits per heavy atom. The van der Waals surface area contributed by atoms with E-state index < -0.39 is 0 Å². The minimum atomic E-state index is 0.289. The van der Waals surface area contributed by atoms with Gasteiger partial charge in [-0.3, -0.25) is 0 Å². The van der Waals surface area contributed by atoms with Crippen LogP contribution < -0.4 is 4.74 Å². The SMILES string of the molecule is CCc1cc(CCl)cc(OCCC(C)(C)C)n1. The van der Waals surface area contributed by atoms with Gasteiger partial charge in [-0.05, 0) is 29.9 Å². The van der Waals surface area contributed by atoms with E-state index in [4.69, 9.17) is 16.3 Å². The van der Waals surface area contributed by atoms with E-state index >= 15 is 0 Å². The van der Waals surface area contributed by atoms with Crippen molar-refractivity contribution in [1.82, 2.24) is 4.98 Å². The molecular formula is C14H22ClNO. The Morgan fingerprint density at radius 2 is 2.00 bits per heavy atom. The number of alkyl halides is 1. The number of hydrogen-bond acceptors (Lipinski definition) is 2. The number of ether oxygens (including phenoxy) is 1. The lowest BCUT2D eigenvalue weighted by atomic mass is 9.93. The molecule has 17 heavy (non-hydrogen) atoms. The third kappa shape index (κ3) is 5.40. The molecule has 0 saturated carbocycles. The molecule has 0 fully saturated rings. The second-order valence-electron chi connectivity index (χ2n) is 5.45. The molecule has 0 atom stereocenters. The van der Waals surface area contributed by atoms with Crippen LogP contribution in [-0.2, 0) is 12.3 Å². The first-order valence-corrected chi connectivity index (χ1v) is 6.66. The third-order valence-electron chi connectivity index (χ3n) is 2.53. The standard InChI is InChI=1S/C14H22ClNO/c1-5-12-8-11(10-15)9-13(16-12)17-7-6-14(2,3)4/h8-9H,5-7,10H2,1-4H3. The van der Waals surface area contributed by atoms with Gasteiger partial charge in [0.15, 0.2) is 0 Å². The van der Waals surface area contributed by atoms with Crippen molar-refractivity contribution in [3.63, 3.8) is 0 Å². The summed E-state index contributed by atoms with van der Waals surface area (Å²) in [7, 11) is 0. The van der Waals surface area contributed by atoms with E-state index in [0.29, 0.717) is 18.4 Å². The molecule has 3 heteroatoms. The molecular weight excluding hydrogens is 234 g/mol. The highest BCUT2D eigenvalue weighted by Crippen LogP contribution is 2.20. The van der Waals surface area contributed by atoms with Crippen molar-refractivity contribution in [1.29, 1.82) is 0 Å². The van der Waals surface area contributed by atoms with Gasteiger partial charge in [0.2, 0.25) is 5.88 Å². The maximum Gasteiger partial charge on any atom is 0.213 e. The van der Waals surface area contributed by atoms with Crippen LogP contribution in [0, 0.1) is 5.41 Å². The number of nitrogens with zero attached hydrogens (tertiary/aromatic N) is 1. The lowest BCUT2D eigenvalue weighted by Gasteiger charge is -2.18. The predicted molar refractivity (Wildman–Crippen MR) is 72.7 cm³/mol. The molecule has 1 aromatic rings. The van der Waals surface area contributed by atoms with E-state index in [-0.39, 0.29) is 5.41 Å². The first-order valence-electron chi connectivity index (χ1n) is 6.13. The van der Waals surface area contributed by atoms with Gasteiger partial charge in [0, 0.05) is 17.6 Å². The van der Waals surface area contributed by atoms with Crippen molar-refractivity contribution < 1.29 is 4.74 Å². The van der Waals surface area contributed by atoms with Crippen molar-refractivity contribution in [3.05, 3.63) is 23.4 Å². The van der Waals surface area contributed by atoms with Crippen LogP contribution >= 0.6 is 11.6 Å². The average Bonchev–Trinajstić information content (AvgIpc) is 2.26. The van der Waals surface area contributed by atoms with Crippen LogP contribution in [0.5, 0.6) is 5.88 Å². The van der Waals surface area contributed by atoms with E-state index in [1.54, 1.807) is 0 Å². The lowest BCUT2D eigenvalue weighted by Crippen LogP contribution is -2.11. The summed E-state index contributed by atoms with van der Waals surface area (Å²) in [5.74, 6) is 1.20. The van der Waals surface area contributed by atoms with Crippen molar-refractivity contribution >= 4 is 11.6 Å². The van der Waals surface area contributed by atoms with Gasteiger partial charge >= 0.3 is 0 Å². The molecule has 0 spiro atoms. The Hall–Kier alpha value is -0.760. The van der Waals surface area contributed by atoms with Crippen LogP contribution in [-0.4, -0.2) is 11.6 Å². The van der Waals surface area contributed by atoms with Gasteiger partial charge in [0.25, 0.3) is 0 Å². The van der Waals surface area contributed by atoms with Crippen molar-refractivity contribution in [3.8, 4) is 5.88 Å². The number of aromatic nitrogens is 1. The van der Waals surface area contributed by atoms with Gasteiger partial charge < -0.3 is 4.74 Å². The van der Waals surface area contributed by atoms with Gasteiger partial charge in [-0.1, -0.05) is 27.7 Å². The molecule has 96 valence electrons. The maximum atomic E-state index is 5.85. The highest BCUT2D eigenvalue weighted by Gasteiger charge is 2.10. The van der Waals surface area contributed by atoms with E-state index in [1.165, 1.54) is 0 Å². The summed E-state index contributed by atoms with van der Waals surface area (Å²) in [6.45, 7) is 9.40. The molecule has 0 aliphatic heterocycles. The zero-order chi connectivity index (χ0) is 12.9. The summed E-state index contributed by atoms with van der Waals surface area (Å²) in [5, 5.41) is 0. The summed E-state index contributed by atoms with van der Waals surface area (Å²) < 4.78 is 5.70. The Bertz CT molecular complexity index is 335. The number of rotatable bonds is 5. The van der Waals surface area contributed by atoms with Gasteiger partial charge in [0.1, 0.15) is 0 Å². The molecule has 0 amide bonds. The molecule has 0 N–H and O–H groups in total. The fourth-order valence-electron chi connectivity index (χ4n) is 1.41. The zero-order valence-corrected chi connectivity index (χ0v) is 12.0. The maximum absolute atomic E-state index is 5.85. The monoisotopic (exact) mass is 255 g/mol. The largest absolute Gasteiger partial charge is 0.478 e. The molecule has 0 aromatic carbocycles. The highest BCUT2D eigenvalue weighted by atomic mass is 35.5. The zero-order valence-electron chi connectivity index (χ0n) is 11.2. The molecule has 0 radical (unpaired) electrons. The molecule has 0 bridgehead atoms. The van der Waals surface area contributed by atoms with Crippen molar-refractivity contribution in [2.45, 2.75) is 46.4 Å². The molecule has 0 saturated heterocycles. The fraction of sp³-hybridized carbons (Fsp3) is 0.643. The number of halogens is 1. The summed E-state index contributed by atoms with van der Waals surface area (Å²) in [4.78, 5) is 4.44. The van der Waals surface area contributed by atoms with Gasteiger partial charge in [-0.25, -0.2) is 4.98 Å². The Balaban J connectivity index is 2.64. The smallest absolute Gasteiger partial charge is 0.213 e. The van der Waals surface area contributed by atoms with Gasteiger partial charge in [-0.15, -0.1) is 11.6 Å². The number of hydrogen-bond donors (Lipinski definition) is 0.